The number of aliphatic hydroxyl groups excluding tert-OH is 15. The molecule has 0 aromatic carbocycles. The highest BCUT2D eigenvalue weighted by Crippen LogP contribution is 2.41. The van der Waals surface area contributed by atoms with Gasteiger partial charge in [0.25, 0.3) is 0 Å². The van der Waals surface area contributed by atoms with Gasteiger partial charge in [0.2, 0.25) is 11.8 Å². The standard InChI is InChI=1S/C34H61N2O29P/c1-9(43)35-11(3-37)26(27(12(45)4-38)65-66(54,55)56)61-31-17(36-10(2)44)29(19(47)14(6-40)57-31)63-34-25(53)30(20(48)15(7-41)59-34)64-33-24(52)22(50)28(16(8-42)60-33)62-32-23(51)21(49)18(46)13(5-39)58-32/h11-34,37-42,45-53H,3-8H2,1-2H3,(H,35,43)(H,36,44)(H2,54,55,56)/t11-,12+,13+,14+,15+,16+,17+,18+,19+,20-,21-,22+,23+,24+,25+,26+,27+,28+,29+,30-,31-,32+,33-,34-/m0/s1. The molecular weight excluding hydrogens is 931 g/mol. The topological polar surface area (TPSA) is 502 Å². The molecule has 0 spiro atoms. The fourth-order valence-corrected chi connectivity index (χ4v) is 8.28. The van der Waals surface area contributed by atoms with Crippen LogP contribution in [0.5, 0.6) is 0 Å². The third-order valence-corrected chi connectivity index (χ3v) is 11.5. The molecule has 24 atom stereocenters. The fourth-order valence-electron chi connectivity index (χ4n) is 7.70. The molecule has 0 aliphatic carbocycles. The number of phosphoric acid groups is 1. The molecule has 0 bridgehead atoms. The summed E-state index contributed by atoms with van der Waals surface area (Å²) in [6.45, 7) is -4.49. The first kappa shape index (κ1) is 56.7. The number of carbonyl (C=O) groups is 2. The number of ether oxygens (including phenoxy) is 8. The highest BCUT2D eigenvalue weighted by molar-refractivity contribution is 7.46. The molecule has 31 nitrogen and oxygen atoms in total. The maximum absolute atomic E-state index is 12.6. The summed E-state index contributed by atoms with van der Waals surface area (Å²) in [5.41, 5.74) is 0. The largest absolute Gasteiger partial charge is 0.470 e. The van der Waals surface area contributed by atoms with Gasteiger partial charge in [0.1, 0.15) is 116 Å². The zero-order valence-corrected chi connectivity index (χ0v) is 35.9. The Morgan fingerprint density at radius 2 is 1.00 bits per heavy atom. The second kappa shape index (κ2) is 24.8. The van der Waals surface area contributed by atoms with Gasteiger partial charge in [0.05, 0.1) is 45.7 Å². The molecule has 66 heavy (non-hydrogen) atoms. The van der Waals surface area contributed by atoms with E-state index in [1.165, 1.54) is 0 Å². The number of nitrogens with one attached hydrogen (secondary N) is 2. The third kappa shape index (κ3) is 13.5. The van der Waals surface area contributed by atoms with Crippen molar-refractivity contribution in [2.75, 3.05) is 39.6 Å². The van der Waals surface area contributed by atoms with Gasteiger partial charge in [-0.1, -0.05) is 0 Å². The molecule has 4 rings (SSSR count). The Labute approximate surface area is 373 Å². The van der Waals surface area contributed by atoms with Crippen molar-refractivity contribution in [3.63, 3.8) is 0 Å². The molecule has 0 saturated carbocycles. The predicted molar refractivity (Wildman–Crippen MR) is 203 cm³/mol. The molecule has 32 heteroatoms. The Morgan fingerprint density at radius 1 is 0.545 bits per heavy atom. The summed E-state index contributed by atoms with van der Waals surface area (Å²) in [6.07, 6.45) is -44.0. The SMILES string of the molecule is CC(=O)N[C@H]1[C@H](O[C@@H]([C@H](OP(=O)(O)O)[C@H](O)CO)[C@H](CO)NC(C)=O)O[C@H](CO)[C@@H](O)[C@@H]1O[C@@H]1O[C@H](CO)[C@H](O)[C@H](O[C@@H]2O[C@H](CO)[C@@H](O[C@H]3O[C@H](CO)[C@@H](O)[C@H](O)[C@H]3O)[C@H](O)[C@H]2O)[C@H]1O. The van der Waals surface area contributed by atoms with Gasteiger partial charge >= 0.3 is 7.82 Å². The highest BCUT2D eigenvalue weighted by Gasteiger charge is 2.56. The first-order valence-corrected chi connectivity index (χ1v) is 21.8. The van der Waals surface area contributed by atoms with Crippen LogP contribution in [0.2, 0.25) is 0 Å². The fraction of sp³-hybridized carbons (Fsp3) is 0.941. The van der Waals surface area contributed by atoms with Crippen molar-refractivity contribution in [1.82, 2.24) is 10.6 Å². The molecule has 4 heterocycles. The lowest BCUT2D eigenvalue weighted by Gasteiger charge is -2.50. The number of phosphoric ester groups is 1. The first-order valence-electron chi connectivity index (χ1n) is 20.3. The zero-order chi connectivity index (χ0) is 49.5. The first-order chi connectivity index (χ1) is 31.0. The van der Waals surface area contributed by atoms with E-state index in [1.807, 2.05) is 0 Å². The summed E-state index contributed by atoms with van der Waals surface area (Å²) < 4.78 is 61.8. The van der Waals surface area contributed by atoms with E-state index < -0.39 is 206 Å². The van der Waals surface area contributed by atoms with Crippen LogP contribution in [0.25, 0.3) is 0 Å². The molecule has 0 aromatic heterocycles. The molecule has 4 aliphatic rings. The van der Waals surface area contributed by atoms with Gasteiger partial charge in [-0.3, -0.25) is 14.1 Å². The lowest BCUT2D eigenvalue weighted by molar-refractivity contribution is -0.387. The molecule has 386 valence electrons. The Balaban J connectivity index is 1.65. The Kier molecular flexibility index (Phi) is 21.3. The normalized spacial score (nSPS) is 41.9. The average molecular weight is 993 g/mol. The van der Waals surface area contributed by atoms with E-state index in [4.69, 9.17) is 37.9 Å². The van der Waals surface area contributed by atoms with Gasteiger partial charge in [-0.2, -0.15) is 0 Å². The van der Waals surface area contributed by atoms with Crippen LogP contribution in [-0.4, -0.2) is 285 Å². The van der Waals surface area contributed by atoms with E-state index in [2.05, 4.69) is 15.2 Å². The van der Waals surface area contributed by atoms with Crippen molar-refractivity contribution in [2.45, 2.75) is 161 Å². The second-order valence-corrected chi connectivity index (χ2v) is 16.9. The van der Waals surface area contributed by atoms with E-state index in [1.54, 1.807) is 0 Å². The van der Waals surface area contributed by atoms with Gasteiger partial charge in [-0.15, -0.1) is 0 Å². The van der Waals surface area contributed by atoms with E-state index in [9.17, 15) is 101 Å². The van der Waals surface area contributed by atoms with Gasteiger partial charge in [-0.05, 0) is 0 Å². The molecule has 0 aromatic rings. The predicted octanol–water partition coefficient (Wildman–Crippen LogP) is -11.9. The van der Waals surface area contributed by atoms with Crippen LogP contribution in [0, 0.1) is 0 Å². The van der Waals surface area contributed by atoms with Crippen LogP contribution in [0.1, 0.15) is 13.8 Å². The van der Waals surface area contributed by atoms with E-state index in [0.29, 0.717) is 0 Å². The lowest BCUT2D eigenvalue weighted by Crippen LogP contribution is -2.70. The van der Waals surface area contributed by atoms with Gasteiger partial charge in [0.15, 0.2) is 25.2 Å². The number of amides is 2. The molecule has 2 amide bonds. The summed E-state index contributed by atoms with van der Waals surface area (Å²) in [5, 5.41) is 162. The minimum atomic E-state index is -5.61. The number of aliphatic hydroxyl groups is 15. The number of carbonyl (C=O) groups excluding carboxylic acids is 2. The van der Waals surface area contributed by atoms with Crippen molar-refractivity contribution in [3.05, 3.63) is 0 Å². The number of hydrogen-bond donors (Lipinski definition) is 19. The number of hydrogen-bond acceptors (Lipinski definition) is 27. The van der Waals surface area contributed by atoms with Crippen LogP contribution in [0.3, 0.4) is 0 Å². The monoisotopic (exact) mass is 992 g/mol. The van der Waals surface area contributed by atoms with E-state index in [0.717, 1.165) is 13.8 Å². The summed E-state index contributed by atoms with van der Waals surface area (Å²) in [4.78, 5) is 44.1. The van der Waals surface area contributed by atoms with Gasteiger partial charge in [0, 0.05) is 13.8 Å². The average Bonchev–Trinajstić information content (AvgIpc) is 3.26. The van der Waals surface area contributed by atoms with Gasteiger partial charge < -0.3 is 135 Å². The molecule has 4 fully saturated rings. The molecule has 0 unspecified atom stereocenters. The Hall–Kier alpha value is -1.87. The van der Waals surface area contributed by atoms with Crippen LogP contribution < -0.4 is 10.6 Å². The second-order valence-electron chi connectivity index (χ2n) is 15.8. The van der Waals surface area contributed by atoms with Crippen molar-refractivity contribution in [3.8, 4) is 0 Å². The van der Waals surface area contributed by atoms with Crippen molar-refractivity contribution < 1.29 is 143 Å². The molecule has 4 aliphatic heterocycles. The highest BCUT2D eigenvalue weighted by atomic mass is 31.2. The van der Waals surface area contributed by atoms with Crippen LogP contribution in [0.15, 0.2) is 0 Å². The van der Waals surface area contributed by atoms with Crippen LogP contribution in [-0.2, 0) is 56.6 Å². The molecule has 4 saturated heterocycles. The third-order valence-electron chi connectivity index (χ3n) is 11.0. The Bertz CT molecular complexity index is 1570. The summed E-state index contributed by atoms with van der Waals surface area (Å²) >= 11 is 0. The van der Waals surface area contributed by atoms with Crippen molar-refractivity contribution in [2.24, 2.45) is 0 Å². The molecular formula is C34H61N2O29P. The van der Waals surface area contributed by atoms with Crippen molar-refractivity contribution >= 4 is 19.6 Å². The smallest absolute Gasteiger partial charge is 0.394 e. The van der Waals surface area contributed by atoms with Gasteiger partial charge in [-0.25, -0.2) is 4.57 Å². The van der Waals surface area contributed by atoms with E-state index in [-0.39, 0.29) is 0 Å². The summed E-state index contributed by atoms with van der Waals surface area (Å²) in [7, 11) is -5.61. The quantitative estimate of drug-likeness (QED) is 0.0475. The minimum Gasteiger partial charge on any atom is -0.394 e. The minimum absolute atomic E-state index is 0.858. The lowest BCUT2D eigenvalue weighted by atomic mass is 9.94. The van der Waals surface area contributed by atoms with E-state index >= 15 is 0 Å². The Morgan fingerprint density at radius 3 is 1.48 bits per heavy atom. The molecule has 19 N–H and O–H groups in total. The number of rotatable bonds is 21. The van der Waals surface area contributed by atoms with Crippen molar-refractivity contribution in [1.29, 1.82) is 0 Å². The maximum atomic E-state index is 12.6. The summed E-state index contributed by atoms with van der Waals surface area (Å²) in [5.74, 6) is -1.81. The molecule has 0 radical (unpaired) electrons. The van der Waals surface area contributed by atoms with Crippen LogP contribution in [0.4, 0.5) is 0 Å². The zero-order valence-electron chi connectivity index (χ0n) is 35.0. The summed E-state index contributed by atoms with van der Waals surface area (Å²) in [6, 6.07) is -3.65. The van der Waals surface area contributed by atoms with Crippen LogP contribution >= 0.6 is 7.82 Å². The maximum Gasteiger partial charge on any atom is 0.470 e.